The van der Waals surface area contributed by atoms with Gasteiger partial charge in [-0.1, -0.05) is 11.6 Å². The summed E-state index contributed by atoms with van der Waals surface area (Å²) in [6.45, 7) is 0. The number of aromatic nitrogens is 9. The molecule has 0 aromatic carbocycles. The first-order valence-corrected chi connectivity index (χ1v) is 14.2. The van der Waals surface area contributed by atoms with Gasteiger partial charge in [-0.05, 0) is 18.9 Å². The topological polar surface area (TPSA) is 142 Å². The van der Waals surface area contributed by atoms with Crippen LogP contribution in [0.5, 0.6) is 11.5 Å². The third-order valence-electron chi connectivity index (χ3n) is 7.54. The summed E-state index contributed by atoms with van der Waals surface area (Å²) < 4.78 is 52.6. The molecule has 0 bridgehead atoms. The van der Waals surface area contributed by atoms with Gasteiger partial charge in [-0.2, -0.15) is 28.4 Å². The predicted molar refractivity (Wildman–Crippen MR) is 160 cm³/mol. The Morgan fingerprint density at radius 1 is 1.07 bits per heavy atom. The maximum atomic E-state index is 13.8. The van der Waals surface area contributed by atoms with E-state index in [0.717, 1.165) is 17.4 Å². The number of rotatable bonds is 7. The van der Waals surface area contributed by atoms with Gasteiger partial charge in [0.1, 0.15) is 21.7 Å². The van der Waals surface area contributed by atoms with Crippen molar-refractivity contribution in [2.75, 3.05) is 17.3 Å². The molecule has 0 spiro atoms. The summed E-state index contributed by atoms with van der Waals surface area (Å²) in [4.78, 5) is 40.3. The lowest BCUT2D eigenvalue weighted by atomic mass is 10.2. The minimum absolute atomic E-state index is 0.00102. The Bertz CT molecular complexity index is 2230. The van der Waals surface area contributed by atoms with Crippen LogP contribution >= 0.6 is 11.6 Å². The van der Waals surface area contributed by atoms with E-state index >= 15 is 0 Å². The van der Waals surface area contributed by atoms with Gasteiger partial charge >= 0.3 is 6.18 Å². The van der Waals surface area contributed by atoms with Gasteiger partial charge in [-0.3, -0.25) is 23.7 Å². The van der Waals surface area contributed by atoms with Gasteiger partial charge in [0, 0.05) is 39.5 Å². The van der Waals surface area contributed by atoms with Crippen LogP contribution in [0.25, 0.3) is 22.4 Å². The molecule has 0 saturated heterocycles. The number of halogens is 4. The molecule has 1 saturated carbocycles. The smallest absolute Gasteiger partial charge is 0.417 e. The Balaban J connectivity index is 1.21. The summed E-state index contributed by atoms with van der Waals surface area (Å²) >= 11 is 6.73. The molecule has 7 rings (SSSR count). The summed E-state index contributed by atoms with van der Waals surface area (Å²) in [7, 11) is 4.80. The van der Waals surface area contributed by atoms with Gasteiger partial charge in [0.25, 0.3) is 5.56 Å². The number of imidazole rings is 1. The van der Waals surface area contributed by atoms with E-state index in [0.29, 0.717) is 34.9 Å². The molecule has 1 aliphatic rings. The summed E-state index contributed by atoms with van der Waals surface area (Å²) in [5.74, 6) is 0.914. The average Bonchev–Trinajstić information content (AvgIpc) is 3.54. The molecule has 18 heteroatoms. The Morgan fingerprint density at radius 2 is 1.85 bits per heavy atom. The number of hydrogen-bond donors (Lipinski definition) is 1. The fourth-order valence-corrected chi connectivity index (χ4v) is 5.20. The second-order valence-corrected chi connectivity index (χ2v) is 11.2. The van der Waals surface area contributed by atoms with Crippen molar-refractivity contribution in [3.63, 3.8) is 0 Å². The average molecular weight is 654 g/mol. The van der Waals surface area contributed by atoms with Gasteiger partial charge in [0.2, 0.25) is 11.9 Å². The Morgan fingerprint density at radius 3 is 2.54 bits per heavy atom. The predicted octanol–water partition coefficient (Wildman–Crippen LogP) is 4.48. The number of ether oxygens (including phenoxy) is 1. The van der Waals surface area contributed by atoms with Crippen LogP contribution < -0.4 is 20.5 Å². The first kappa shape index (κ1) is 29.3. The lowest BCUT2D eigenvalue weighted by Gasteiger charge is -2.15. The zero-order chi connectivity index (χ0) is 32.5. The number of carbonyl (C=O) groups excluding carboxylic acids is 1. The van der Waals surface area contributed by atoms with Crippen LogP contribution in [0.15, 0.2) is 54.2 Å². The highest BCUT2D eigenvalue weighted by Gasteiger charge is 2.34. The third kappa shape index (κ3) is 5.07. The second-order valence-electron chi connectivity index (χ2n) is 10.8. The molecule has 6 aromatic heterocycles. The van der Waals surface area contributed by atoms with E-state index in [1.165, 1.54) is 49.6 Å². The molecule has 1 N–H and O–H groups in total. The van der Waals surface area contributed by atoms with Crippen molar-refractivity contribution in [1.29, 1.82) is 0 Å². The molecule has 0 aliphatic heterocycles. The zero-order valence-corrected chi connectivity index (χ0v) is 25.1. The van der Waals surface area contributed by atoms with Crippen molar-refractivity contribution < 1.29 is 22.7 Å². The van der Waals surface area contributed by atoms with Crippen molar-refractivity contribution in [3.8, 4) is 17.2 Å². The number of nitrogens with zero attached hydrogens (tertiary/aromatic N) is 10. The highest BCUT2D eigenvalue weighted by Crippen LogP contribution is 2.38. The molecule has 46 heavy (non-hydrogen) atoms. The highest BCUT2D eigenvalue weighted by molar-refractivity contribution is 6.36. The molecule has 1 aliphatic carbocycles. The second kappa shape index (κ2) is 10.6. The van der Waals surface area contributed by atoms with Crippen molar-refractivity contribution >= 4 is 51.6 Å². The Hall–Kier alpha value is -5.45. The number of aryl methyl sites for hydroxylation is 2. The quantitative estimate of drug-likeness (QED) is 0.264. The number of pyridine rings is 2. The molecule has 0 radical (unpaired) electrons. The van der Waals surface area contributed by atoms with Gasteiger partial charge in [-0.25, -0.2) is 14.5 Å². The molecule has 236 valence electrons. The molecule has 1 amide bonds. The largest absolute Gasteiger partial charge is 0.450 e. The SMILES string of the molecule is CN(C(=O)C1CC1)c1cn2ncc(Oc3cnc4nc(Nc5cc(C(F)(F)F)cn(-c6cnn(C)c6)c5=O)n(C)c4c3Cl)c2cn1. The summed E-state index contributed by atoms with van der Waals surface area (Å²) in [5, 5.41) is 11.1. The lowest BCUT2D eigenvalue weighted by Crippen LogP contribution is -2.28. The molecular formula is C28H23ClF3N11O3. The molecule has 14 nitrogen and oxygen atoms in total. The van der Waals surface area contributed by atoms with Crippen molar-refractivity contribution in [3.05, 3.63) is 70.4 Å². The number of nitrogens with one attached hydrogen (secondary N) is 1. The van der Waals surface area contributed by atoms with Crippen molar-refractivity contribution in [2.45, 2.75) is 19.0 Å². The number of amides is 1. The van der Waals surface area contributed by atoms with E-state index in [1.54, 1.807) is 27.3 Å². The van der Waals surface area contributed by atoms with Crippen LogP contribution in [0.4, 0.5) is 30.6 Å². The monoisotopic (exact) mass is 653 g/mol. The fraction of sp³-hybridized carbons (Fsp3) is 0.250. The van der Waals surface area contributed by atoms with Crippen LogP contribution in [-0.2, 0) is 25.1 Å². The number of hydrogen-bond acceptors (Lipinski definition) is 9. The Labute approximate surface area is 261 Å². The van der Waals surface area contributed by atoms with E-state index < -0.39 is 17.3 Å². The van der Waals surface area contributed by atoms with E-state index in [2.05, 4.69) is 30.5 Å². The maximum Gasteiger partial charge on any atom is 0.417 e. The fourth-order valence-electron chi connectivity index (χ4n) is 4.91. The first-order valence-electron chi connectivity index (χ1n) is 13.8. The van der Waals surface area contributed by atoms with Crippen LogP contribution in [0.3, 0.4) is 0 Å². The number of fused-ring (bicyclic) bond motifs is 2. The number of carbonyl (C=O) groups is 1. The van der Waals surface area contributed by atoms with Crippen LogP contribution in [-0.4, -0.2) is 56.4 Å². The molecule has 1 fully saturated rings. The lowest BCUT2D eigenvalue weighted by molar-refractivity contribution is -0.138. The first-order chi connectivity index (χ1) is 21.9. The summed E-state index contributed by atoms with van der Waals surface area (Å²) in [5.41, 5.74) is -1.11. The normalized spacial score (nSPS) is 13.5. The van der Waals surface area contributed by atoms with E-state index in [9.17, 15) is 22.8 Å². The molecule has 0 atom stereocenters. The van der Waals surface area contributed by atoms with Gasteiger partial charge in [0.15, 0.2) is 23.0 Å². The van der Waals surface area contributed by atoms with Crippen LogP contribution in [0.1, 0.15) is 18.4 Å². The van der Waals surface area contributed by atoms with E-state index in [4.69, 9.17) is 16.3 Å². The molecule has 0 unspecified atom stereocenters. The minimum Gasteiger partial charge on any atom is -0.450 e. The third-order valence-corrected chi connectivity index (χ3v) is 7.91. The molecule has 6 aromatic rings. The summed E-state index contributed by atoms with van der Waals surface area (Å²) in [6.07, 6.45) is 6.34. The highest BCUT2D eigenvalue weighted by atomic mass is 35.5. The van der Waals surface area contributed by atoms with Gasteiger partial charge < -0.3 is 14.6 Å². The van der Waals surface area contributed by atoms with Crippen molar-refractivity contribution in [1.82, 2.24) is 43.5 Å². The van der Waals surface area contributed by atoms with Gasteiger partial charge in [-0.15, -0.1) is 0 Å². The molecular weight excluding hydrogens is 631 g/mol. The Kier molecular flexibility index (Phi) is 6.73. The van der Waals surface area contributed by atoms with E-state index in [-0.39, 0.29) is 45.6 Å². The van der Waals surface area contributed by atoms with Crippen molar-refractivity contribution in [2.24, 2.45) is 20.0 Å². The number of alkyl halides is 3. The number of anilines is 3. The minimum atomic E-state index is -4.74. The maximum absolute atomic E-state index is 13.8. The van der Waals surface area contributed by atoms with Gasteiger partial charge in [0.05, 0.1) is 42.2 Å². The zero-order valence-electron chi connectivity index (χ0n) is 24.3. The molecule has 6 heterocycles. The van der Waals surface area contributed by atoms with E-state index in [1.807, 2.05) is 0 Å². The van der Waals surface area contributed by atoms with Crippen LogP contribution in [0, 0.1) is 5.92 Å². The van der Waals surface area contributed by atoms with Crippen LogP contribution in [0.2, 0.25) is 5.02 Å². The summed E-state index contributed by atoms with van der Waals surface area (Å²) in [6, 6.07) is 0.711. The standard InChI is InChI=1S/C28H23ClF3N11O3/c1-39-12-16(7-35-39)42-11-15(28(30,31)32)6-17(26(42)45)37-27-38-24-23(41(27)3)22(29)20(9-34-24)46-19-10-36-43-13-21(33-8-18(19)43)40(2)25(44)14-4-5-14/h6-14H,4-5H2,1-3H3,(H,34,37,38).